The van der Waals surface area contributed by atoms with Gasteiger partial charge in [-0.25, -0.2) is 8.42 Å². The predicted octanol–water partition coefficient (Wildman–Crippen LogP) is 1.18. The summed E-state index contributed by atoms with van der Waals surface area (Å²) in [5, 5.41) is 0. The van der Waals surface area contributed by atoms with Gasteiger partial charge in [-0.2, -0.15) is 0 Å². The third-order valence-corrected chi connectivity index (χ3v) is 4.17. The van der Waals surface area contributed by atoms with Gasteiger partial charge in [0, 0.05) is 25.3 Å². The minimum atomic E-state index is -3.05. The molecule has 0 aromatic rings. The fraction of sp³-hybridized carbons (Fsp3) is 0.923. The first-order chi connectivity index (χ1) is 8.81. The van der Waals surface area contributed by atoms with Crippen LogP contribution in [0, 0.1) is 0 Å². The Morgan fingerprint density at radius 1 is 1.21 bits per heavy atom. The van der Waals surface area contributed by atoms with Crippen molar-refractivity contribution < 1.29 is 13.2 Å². The van der Waals surface area contributed by atoms with Crippen molar-refractivity contribution in [2.24, 2.45) is 5.73 Å². The van der Waals surface area contributed by atoms with Gasteiger partial charge in [0.2, 0.25) is 5.91 Å². The molecule has 1 amide bonds. The van der Waals surface area contributed by atoms with Crippen molar-refractivity contribution >= 4 is 15.7 Å². The lowest BCUT2D eigenvalue weighted by Gasteiger charge is -2.27. The maximum absolute atomic E-state index is 12.0. The van der Waals surface area contributed by atoms with Crippen LogP contribution < -0.4 is 5.73 Å². The van der Waals surface area contributed by atoms with Gasteiger partial charge in [0.05, 0.1) is 5.75 Å². The largest absolute Gasteiger partial charge is 0.339 e. The number of nitrogens with two attached hydrogens (primary N) is 1. The highest BCUT2D eigenvalue weighted by atomic mass is 32.2. The van der Waals surface area contributed by atoms with Crippen molar-refractivity contribution in [3.8, 4) is 0 Å². The Morgan fingerprint density at radius 3 is 2.26 bits per heavy atom. The number of amides is 1. The number of hydrogen-bond donors (Lipinski definition) is 1. The lowest BCUT2D eigenvalue weighted by Crippen LogP contribution is -2.42. The first kappa shape index (κ1) is 18.4. The zero-order valence-electron chi connectivity index (χ0n) is 12.4. The summed E-state index contributed by atoms with van der Waals surface area (Å²) in [6, 6.07) is -0.253. The monoisotopic (exact) mass is 292 g/mol. The van der Waals surface area contributed by atoms with Crippen molar-refractivity contribution in [2.75, 3.05) is 25.1 Å². The maximum Gasteiger partial charge on any atom is 0.222 e. The van der Waals surface area contributed by atoms with Gasteiger partial charge in [0.25, 0.3) is 0 Å². The summed E-state index contributed by atoms with van der Waals surface area (Å²) in [5.41, 5.74) is 5.41. The van der Waals surface area contributed by atoms with Crippen LogP contribution in [0.5, 0.6) is 0 Å². The molecule has 0 saturated heterocycles. The molecule has 0 aromatic carbocycles. The lowest BCUT2D eigenvalue weighted by atomic mass is 10.1. The molecule has 5 nitrogen and oxygen atoms in total. The molecule has 0 aliphatic heterocycles. The molecule has 19 heavy (non-hydrogen) atoms. The topological polar surface area (TPSA) is 80.5 Å². The fourth-order valence-electron chi connectivity index (χ4n) is 2.18. The second-order valence-electron chi connectivity index (χ2n) is 5.07. The van der Waals surface area contributed by atoms with E-state index >= 15 is 0 Å². The number of nitrogens with zero attached hydrogens (tertiary/aromatic N) is 1. The molecule has 0 rings (SSSR count). The highest BCUT2D eigenvalue weighted by Crippen LogP contribution is 2.09. The molecule has 0 saturated carbocycles. The number of carbonyl (C=O) groups is 1. The molecular formula is C13H28N2O3S. The standard InChI is InChI=1S/C13H28N2O3S/c1-4-15(12(2)11-19(3,17)18)13(16)9-7-5-6-8-10-14/h12H,4-11,14H2,1-3H3. The molecule has 1 atom stereocenters. The minimum Gasteiger partial charge on any atom is -0.339 e. The van der Waals surface area contributed by atoms with Crippen LogP contribution in [0.4, 0.5) is 0 Å². The molecule has 0 fully saturated rings. The molecule has 0 aliphatic carbocycles. The van der Waals surface area contributed by atoms with E-state index in [4.69, 9.17) is 5.73 Å². The highest BCUT2D eigenvalue weighted by Gasteiger charge is 2.21. The molecule has 0 radical (unpaired) electrons. The molecule has 0 bridgehead atoms. The van der Waals surface area contributed by atoms with E-state index in [2.05, 4.69) is 0 Å². The van der Waals surface area contributed by atoms with E-state index in [0.29, 0.717) is 19.5 Å². The van der Waals surface area contributed by atoms with Crippen LogP contribution >= 0.6 is 0 Å². The van der Waals surface area contributed by atoms with Crippen LogP contribution in [0.2, 0.25) is 0 Å². The zero-order chi connectivity index (χ0) is 14.9. The molecular weight excluding hydrogens is 264 g/mol. The molecule has 6 heteroatoms. The first-order valence-electron chi connectivity index (χ1n) is 6.99. The number of hydrogen-bond acceptors (Lipinski definition) is 4. The second-order valence-corrected chi connectivity index (χ2v) is 7.26. The Labute approximate surface area is 117 Å². The summed E-state index contributed by atoms with van der Waals surface area (Å²) in [6.45, 7) is 4.92. The Bertz CT molecular complexity index is 355. The summed E-state index contributed by atoms with van der Waals surface area (Å²) in [7, 11) is -3.05. The second kappa shape index (κ2) is 9.31. The van der Waals surface area contributed by atoms with Crippen LogP contribution in [0.1, 0.15) is 46.0 Å². The number of unbranched alkanes of at least 4 members (excludes halogenated alkanes) is 3. The minimum absolute atomic E-state index is 0.0275. The van der Waals surface area contributed by atoms with Crippen LogP contribution in [-0.4, -0.2) is 50.4 Å². The predicted molar refractivity (Wildman–Crippen MR) is 78.7 cm³/mol. The fourth-order valence-corrected chi connectivity index (χ4v) is 3.24. The van der Waals surface area contributed by atoms with Gasteiger partial charge in [-0.15, -0.1) is 0 Å². The van der Waals surface area contributed by atoms with Gasteiger partial charge in [-0.1, -0.05) is 12.8 Å². The van der Waals surface area contributed by atoms with Gasteiger partial charge in [0.1, 0.15) is 9.84 Å². The zero-order valence-corrected chi connectivity index (χ0v) is 13.2. The van der Waals surface area contributed by atoms with E-state index in [-0.39, 0.29) is 17.7 Å². The summed E-state index contributed by atoms with van der Waals surface area (Å²) in [4.78, 5) is 13.7. The first-order valence-corrected chi connectivity index (χ1v) is 9.05. The van der Waals surface area contributed by atoms with Crippen molar-refractivity contribution in [3.63, 3.8) is 0 Å². The van der Waals surface area contributed by atoms with Crippen molar-refractivity contribution in [2.45, 2.75) is 52.0 Å². The average molecular weight is 292 g/mol. The van der Waals surface area contributed by atoms with E-state index in [1.165, 1.54) is 6.26 Å². The molecule has 2 N–H and O–H groups in total. The van der Waals surface area contributed by atoms with Gasteiger partial charge < -0.3 is 10.6 Å². The normalized spacial score (nSPS) is 13.3. The Balaban J connectivity index is 4.17. The number of rotatable bonds is 10. The summed E-state index contributed by atoms with van der Waals surface area (Å²) in [6.07, 6.45) is 5.59. The van der Waals surface area contributed by atoms with Gasteiger partial charge in [-0.05, 0) is 33.2 Å². The molecule has 114 valence electrons. The Kier molecular flexibility index (Phi) is 9.01. The summed E-state index contributed by atoms with van der Waals surface area (Å²) >= 11 is 0. The van der Waals surface area contributed by atoms with Crippen LogP contribution in [0.3, 0.4) is 0 Å². The third kappa shape index (κ3) is 8.99. The van der Waals surface area contributed by atoms with Crippen molar-refractivity contribution in [1.29, 1.82) is 0 Å². The molecule has 0 aromatic heterocycles. The van der Waals surface area contributed by atoms with E-state index in [1.807, 2.05) is 6.92 Å². The van der Waals surface area contributed by atoms with E-state index in [0.717, 1.165) is 25.7 Å². The van der Waals surface area contributed by atoms with E-state index in [9.17, 15) is 13.2 Å². The summed E-state index contributed by atoms with van der Waals surface area (Å²) < 4.78 is 22.5. The van der Waals surface area contributed by atoms with Crippen molar-refractivity contribution in [1.82, 2.24) is 4.90 Å². The smallest absolute Gasteiger partial charge is 0.222 e. The SMILES string of the molecule is CCN(C(=O)CCCCCCN)C(C)CS(C)(=O)=O. The molecule has 0 aliphatic rings. The number of carbonyl (C=O) groups excluding carboxylic acids is 1. The lowest BCUT2D eigenvalue weighted by molar-refractivity contribution is -0.132. The highest BCUT2D eigenvalue weighted by molar-refractivity contribution is 7.90. The van der Waals surface area contributed by atoms with E-state index < -0.39 is 9.84 Å². The Hall–Kier alpha value is -0.620. The van der Waals surface area contributed by atoms with Gasteiger partial charge in [-0.3, -0.25) is 4.79 Å². The van der Waals surface area contributed by atoms with Crippen molar-refractivity contribution in [3.05, 3.63) is 0 Å². The van der Waals surface area contributed by atoms with E-state index in [1.54, 1.807) is 11.8 Å². The average Bonchev–Trinajstić information content (AvgIpc) is 2.27. The quantitative estimate of drug-likeness (QED) is 0.613. The van der Waals surface area contributed by atoms with Crippen LogP contribution in [-0.2, 0) is 14.6 Å². The van der Waals surface area contributed by atoms with Gasteiger partial charge >= 0.3 is 0 Å². The molecule has 1 unspecified atom stereocenters. The number of sulfone groups is 1. The van der Waals surface area contributed by atoms with Crippen LogP contribution in [0.15, 0.2) is 0 Å². The third-order valence-electron chi connectivity index (χ3n) is 3.08. The Morgan fingerprint density at radius 2 is 1.79 bits per heavy atom. The molecule has 0 spiro atoms. The maximum atomic E-state index is 12.0. The van der Waals surface area contributed by atoms with Gasteiger partial charge in [0.15, 0.2) is 0 Å². The summed E-state index contributed by atoms with van der Waals surface area (Å²) in [5.74, 6) is 0.0751. The van der Waals surface area contributed by atoms with Crippen LogP contribution in [0.25, 0.3) is 0 Å². The molecule has 0 heterocycles.